The summed E-state index contributed by atoms with van der Waals surface area (Å²) in [5.41, 5.74) is 1.22. The number of hydrogen-bond acceptors (Lipinski definition) is 4. The fourth-order valence-electron chi connectivity index (χ4n) is 3.28. The molecule has 3 rings (SSSR count). The van der Waals surface area contributed by atoms with Crippen LogP contribution in [0.15, 0.2) is 6.20 Å². The molecule has 1 saturated heterocycles. The summed E-state index contributed by atoms with van der Waals surface area (Å²) in [5, 5.41) is 0. The van der Waals surface area contributed by atoms with Gasteiger partial charge >= 0.3 is 0 Å². The zero-order valence-electron chi connectivity index (χ0n) is 12.7. The first-order valence-electron chi connectivity index (χ1n) is 7.75. The van der Waals surface area contributed by atoms with Crippen molar-refractivity contribution in [2.75, 3.05) is 32.4 Å². The van der Waals surface area contributed by atoms with Crippen molar-refractivity contribution in [3.05, 3.63) is 17.7 Å². The van der Waals surface area contributed by atoms with Gasteiger partial charge < -0.3 is 4.57 Å². The zero-order chi connectivity index (χ0) is 14.9. The fraction of sp³-hybridized carbons (Fsp3) is 0.786. The van der Waals surface area contributed by atoms with Crippen LogP contribution in [0.1, 0.15) is 30.8 Å². The summed E-state index contributed by atoms with van der Waals surface area (Å²) in [4.78, 5) is 6.99. The maximum atomic E-state index is 11.7. The van der Waals surface area contributed by atoms with Crippen LogP contribution in [-0.2, 0) is 29.5 Å². The summed E-state index contributed by atoms with van der Waals surface area (Å²) < 4.78 is 27.2. The predicted molar refractivity (Wildman–Crippen MR) is 81.5 cm³/mol. The largest absolute Gasteiger partial charge is 0.329 e. The standard InChI is InChI=1S/C14H24N4O2S/c1-21(19,20)17-8-5-14-15-11-13(18(14)10-9-17)12-16-6-3-2-4-7-16/h11H,2-10,12H2,1H3. The smallest absolute Gasteiger partial charge is 0.211 e. The molecule has 0 aliphatic carbocycles. The summed E-state index contributed by atoms with van der Waals surface area (Å²) in [6.07, 6.45) is 7.86. The molecular formula is C14H24N4O2S. The van der Waals surface area contributed by atoms with Crippen LogP contribution in [-0.4, -0.2) is 59.6 Å². The molecule has 6 nitrogen and oxygen atoms in total. The summed E-state index contributed by atoms with van der Waals surface area (Å²) >= 11 is 0. The number of piperidine rings is 1. The van der Waals surface area contributed by atoms with Gasteiger partial charge in [0.25, 0.3) is 0 Å². The summed E-state index contributed by atoms with van der Waals surface area (Å²) in [6, 6.07) is 0. The van der Waals surface area contributed by atoms with Crippen molar-refractivity contribution in [2.24, 2.45) is 0 Å². The molecule has 21 heavy (non-hydrogen) atoms. The van der Waals surface area contributed by atoms with Crippen LogP contribution in [0.2, 0.25) is 0 Å². The number of hydrogen-bond donors (Lipinski definition) is 0. The molecule has 0 N–H and O–H groups in total. The highest BCUT2D eigenvalue weighted by Gasteiger charge is 2.23. The van der Waals surface area contributed by atoms with Gasteiger partial charge in [0.05, 0.1) is 11.9 Å². The van der Waals surface area contributed by atoms with E-state index in [9.17, 15) is 8.42 Å². The number of likely N-dealkylation sites (tertiary alicyclic amines) is 1. The molecule has 0 aromatic carbocycles. The molecule has 0 spiro atoms. The molecule has 0 unspecified atom stereocenters. The third-order valence-electron chi connectivity index (χ3n) is 4.48. The maximum Gasteiger partial charge on any atom is 0.211 e. The molecule has 0 radical (unpaired) electrons. The number of nitrogens with zero attached hydrogens (tertiary/aromatic N) is 4. The fourth-order valence-corrected chi connectivity index (χ4v) is 4.12. The lowest BCUT2D eigenvalue weighted by Crippen LogP contribution is -2.33. The van der Waals surface area contributed by atoms with Gasteiger partial charge in [-0.1, -0.05) is 6.42 Å². The van der Waals surface area contributed by atoms with Crippen molar-refractivity contribution in [3.63, 3.8) is 0 Å². The SMILES string of the molecule is CS(=O)(=O)N1CCc2ncc(CN3CCCCC3)n2CC1. The van der Waals surface area contributed by atoms with Crippen molar-refractivity contribution < 1.29 is 8.42 Å². The Hall–Kier alpha value is -0.920. The molecule has 1 fully saturated rings. The normalized spacial score (nSPS) is 22.0. The Labute approximate surface area is 126 Å². The molecule has 1 aromatic heterocycles. The minimum atomic E-state index is -3.10. The van der Waals surface area contributed by atoms with E-state index in [2.05, 4.69) is 14.5 Å². The van der Waals surface area contributed by atoms with Crippen LogP contribution in [0, 0.1) is 0 Å². The molecule has 2 aliphatic rings. The van der Waals surface area contributed by atoms with Crippen LogP contribution in [0.5, 0.6) is 0 Å². The van der Waals surface area contributed by atoms with E-state index in [0.29, 0.717) is 26.1 Å². The van der Waals surface area contributed by atoms with Crippen molar-refractivity contribution in [2.45, 2.75) is 38.8 Å². The minimum absolute atomic E-state index is 0.541. The molecule has 7 heteroatoms. The quantitative estimate of drug-likeness (QED) is 0.824. The topological polar surface area (TPSA) is 58.4 Å². The third kappa shape index (κ3) is 3.46. The van der Waals surface area contributed by atoms with Crippen molar-refractivity contribution in [3.8, 4) is 0 Å². The van der Waals surface area contributed by atoms with E-state index in [0.717, 1.165) is 25.5 Å². The van der Waals surface area contributed by atoms with Crippen LogP contribution >= 0.6 is 0 Å². The van der Waals surface area contributed by atoms with E-state index in [1.54, 1.807) is 4.31 Å². The van der Waals surface area contributed by atoms with Gasteiger partial charge in [-0.05, 0) is 25.9 Å². The number of fused-ring (bicyclic) bond motifs is 1. The average molecular weight is 312 g/mol. The van der Waals surface area contributed by atoms with Gasteiger partial charge in [-0.25, -0.2) is 13.4 Å². The van der Waals surface area contributed by atoms with Crippen molar-refractivity contribution in [1.82, 2.24) is 18.8 Å². The van der Waals surface area contributed by atoms with E-state index >= 15 is 0 Å². The average Bonchev–Trinajstić information content (AvgIpc) is 2.69. The first-order chi connectivity index (χ1) is 10.0. The van der Waals surface area contributed by atoms with Crippen LogP contribution in [0.3, 0.4) is 0 Å². The molecule has 0 saturated carbocycles. The Morgan fingerprint density at radius 1 is 1.10 bits per heavy atom. The van der Waals surface area contributed by atoms with Gasteiger partial charge in [0.1, 0.15) is 5.82 Å². The van der Waals surface area contributed by atoms with E-state index in [1.807, 2.05) is 6.20 Å². The molecule has 118 valence electrons. The molecule has 0 amide bonds. The number of rotatable bonds is 3. The molecule has 1 aromatic rings. The second-order valence-electron chi connectivity index (χ2n) is 6.07. The molecule has 2 aliphatic heterocycles. The second kappa shape index (κ2) is 6.06. The summed E-state index contributed by atoms with van der Waals surface area (Å²) in [6.45, 7) is 5.07. The molecule has 3 heterocycles. The summed E-state index contributed by atoms with van der Waals surface area (Å²) in [5.74, 6) is 1.02. The van der Waals surface area contributed by atoms with Gasteiger partial charge in [-0.3, -0.25) is 4.90 Å². The van der Waals surface area contributed by atoms with Crippen molar-refractivity contribution in [1.29, 1.82) is 0 Å². The third-order valence-corrected chi connectivity index (χ3v) is 5.79. The van der Waals surface area contributed by atoms with Gasteiger partial charge in [0.15, 0.2) is 0 Å². The van der Waals surface area contributed by atoms with E-state index < -0.39 is 10.0 Å². The van der Waals surface area contributed by atoms with Crippen LogP contribution in [0.25, 0.3) is 0 Å². The number of imidazole rings is 1. The number of sulfonamides is 1. The van der Waals surface area contributed by atoms with Crippen molar-refractivity contribution >= 4 is 10.0 Å². The Balaban J connectivity index is 1.72. The Morgan fingerprint density at radius 2 is 1.86 bits per heavy atom. The lowest BCUT2D eigenvalue weighted by molar-refractivity contribution is 0.215. The lowest BCUT2D eigenvalue weighted by Gasteiger charge is -2.26. The highest BCUT2D eigenvalue weighted by Crippen LogP contribution is 2.17. The highest BCUT2D eigenvalue weighted by atomic mass is 32.2. The first kappa shape index (κ1) is 15.0. The van der Waals surface area contributed by atoms with Gasteiger partial charge in [-0.2, -0.15) is 4.31 Å². The molecule has 0 bridgehead atoms. The minimum Gasteiger partial charge on any atom is -0.329 e. The molecule has 0 atom stereocenters. The van der Waals surface area contributed by atoms with Gasteiger partial charge in [-0.15, -0.1) is 0 Å². The predicted octanol–water partition coefficient (Wildman–Crippen LogP) is 0.687. The van der Waals surface area contributed by atoms with Crippen LogP contribution in [0.4, 0.5) is 0 Å². The zero-order valence-corrected chi connectivity index (χ0v) is 13.5. The summed E-state index contributed by atoms with van der Waals surface area (Å²) in [7, 11) is -3.10. The van der Waals surface area contributed by atoms with E-state index in [1.165, 1.54) is 31.2 Å². The Morgan fingerprint density at radius 3 is 2.57 bits per heavy atom. The number of aromatic nitrogens is 2. The van der Waals surface area contributed by atoms with Gasteiger partial charge in [0.2, 0.25) is 10.0 Å². The Bertz CT molecular complexity index is 590. The maximum absolute atomic E-state index is 11.7. The monoisotopic (exact) mass is 312 g/mol. The van der Waals surface area contributed by atoms with E-state index in [-0.39, 0.29) is 0 Å². The van der Waals surface area contributed by atoms with Crippen LogP contribution < -0.4 is 0 Å². The first-order valence-corrected chi connectivity index (χ1v) is 9.59. The highest BCUT2D eigenvalue weighted by molar-refractivity contribution is 7.88. The molecular weight excluding hydrogens is 288 g/mol. The second-order valence-corrected chi connectivity index (χ2v) is 8.05. The lowest BCUT2D eigenvalue weighted by atomic mass is 10.1. The van der Waals surface area contributed by atoms with Gasteiger partial charge in [0, 0.05) is 38.8 Å². The van der Waals surface area contributed by atoms with E-state index in [4.69, 9.17) is 0 Å². The Kier molecular flexibility index (Phi) is 4.33.